The van der Waals surface area contributed by atoms with Gasteiger partial charge in [0, 0.05) is 32.3 Å². The smallest absolute Gasteiger partial charge is 0.264 e. The van der Waals surface area contributed by atoms with Crippen molar-refractivity contribution in [3.63, 3.8) is 0 Å². The molecule has 1 saturated heterocycles. The average molecular weight is 366 g/mol. The van der Waals surface area contributed by atoms with Gasteiger partial charge in [0.2, 0.25) is 5.95 Å². The molecule has 0 aliphatic carbocycles. The van der Waals surface area contributed by atoms with Crippen LogP contribution in [0.15, 0.2) is 41.3 Å². The van der Waals surface area contributed by atoms with Crippen LogP contribution < -0.4 is 10.5 Å². The maximum atomic E-state index is 13.0. The van der Waals surface area contributed by atoms with Crippen molar-refractivity contribution in [2.45, 2.75) is 18.9 Å². The number of pyridine rings is 1. The maximum Gasteiger partial charge on any atom is 0.264 e. The molecule has 27 heavy (non-hydrogen) atoms. The van der Waals surface area contributed by atoms with Crippen molar-refractivity contribution >= 4 is 16.9 Å². The molecule has 0 amide bonds. The molecular formula is C20H22N4O3. The molecule has 4 rings (SSSR count). The number of aromatic nitrogens is 3. The van der Waals surface area contributed by atoms with Gasteiger partial charge in [-0.25, -0.2) is 9.97 Å². The summed E-state index contributed by atoms with van der Waals surface area (Å²) in [5, 5.41) is 10.4. The average Bonchev–Trinajstić information content (AvgIpc) is 3.12. The van der Waals surface area contributed by atoms with Crippen molar-refractivity contribution in [2.24, 2.45) is 7.05 Å². The maximum absolute atomic E-state index is 13.0. The summed E-state index contributed by atoms with van der Waals surface area (Å²) in [6.45, 7) is 1.49. The van der Waals surface area contributed by atoms with Crippen LogP contribution >= 0.6 is 0 Å². The minimum Gasteiger partial charge on any atom is -0.508 e. The summed E-state index contributed by atoms with van der Waals surface area (Å²) < 4.78 is 6.89. The van der Waals surface area contributed by atoms with Gasteiger partial charge in [0.05, 0.1) is 29.4 Å². The van der Waals surface area contributed by atoms with Crippen LogP contribution in [-0.4, -0.2) is 45.9 Å². The Kier molecular flexibility index (Phi) is 4.53. The third-order valence-electron chi connectivity index (χ3n) is 5.09. The normalized spacial score (nSPS) is 17.0. The monoisotopic (exact) mass is 366 g/mol. The minimum atomic E-state index is -0.131. The Morgan fingerprint density at radius 1 is 1.30 bits per heavy atom. The number of fused-ring (bicyclic) bond motifs is 1. The number of hydrogen-bond acceptors (Lipinski definition) is 6. The predicted molar refractivity (Wildman–Crippen MR) is 104 cm³/mol. The van der Waals surface area contributed by atoms with Crippen molar-refractivity contribution in [3.8, 4) is 17.0 Å². The van der Waals surface area contributed by atoms with E-state index < -0.39 is 0 Å². The molecule has 0 unspecified atom stereocenters. The van der Waals surface area contributed by atoms with Crippen LogP contribution in [0.5, 0.6) is 5.75 Å². The van der Waals surface area contributed by atoms with Gasteiger partial charge in [0.15, 0.2) is 0 Å². The highest BCUT2D eigenvalue weighted by molar-refractivity contribution is 5.82. The number of benzene rings is 1. The van der Waals surface area contributed by atoms with Gasteiger partial charge in [-0.3, -0.25) is 9.36 Å². The zero-order valence-electron chi connectivity index (χ0n) is 15.4. The SMILES string of the molecule is COC[C@H]1CCCN1c1ncc(-c2ccc3cc(O)ccc3n2)c(=O)n1C. The number of methoxy groups -OCH3 is 1. The number of aromatic hydroxyl groups is 1. The Hall–Kier alpha value is -2.93. The van der Waals surface area contributed by atoms with Gasteiger partial charge in [-0.2, -0.15) is 0 Å². The van der Waals surface area contributed by atoms with E-state index in [4.69, 9.17) is 4.74 Å². The molecule has 1 aromatic carbocycles. The zero-order chi connectivity index (χ0) is 19.0. The van der Waals surface area contributed by atoms with E-state index in [1.54, 1.807) is 49.2 Å². The summed E-state index contributed by atoms with van der Waals surface area (Å²) >= 11 is 0. The fraction of sp³-hybridized carbons (Fsp3) is 0.350. The van der Waals surface area contributed by atoms with E-state index in [0.29, 0.717) is 23.8 Å². The quantitative estimate of drug-likeness (QED) is 0.763. The first-order chi connectivity index (χ1) is 13.1. The van der Waals surface area contributed by atoms with Crippen LogP contribution in [0.3, 0.4) is 0 Å². The van der Waals surface area contributed by atoms with Gasteiger partial charge in [0.1, 0.15) is 5.75 Å². The summed E-state index contributed by atoms with van der Waals surface area (Å²) in [5.74, 6) is 0.851. The molecule has 0 bridgehead atoms. The lowest BCUT2D eigenvalue weighted by atomic mass is 10.1. The number of ether oxygens (including phenoxy) is 1. The second kappa shape index (κ2) is 7.00. The van der Waals surface area contributed by atoms with Crippen LogP contribution in [0, 0.1) is 0 Å². The molecule has 2 aromatic heterocycles. The number of rotatable bonds is 4. The van der Waals surface area contributed by atoms with Crippen LogP contribution in [0.1, 0.15) is 12.8 Å². The van der Waals surface area contributed by atoms with Crippen molar-refractivity contribution in [2.75, 3.05) is 25.2 Å². The Morgan fingerprint density at radius 3 is 2.96 bits per heavy atom. The first-order valence-corrected chi connectivity index (χ1v) is 9.00. The highest BCUT2D eigenvalue weighted by Crippen LogP contribution is 2.25. The molecule has 1 aliphatic rings. The van der Waals surface area contributed by atoms with Gasteiger partial charge in [-0.1, -0.05) is 6.07 Å². The fourth-order valence-electron chi connectivity index (χ4n) is 3.71. The van der Waals surface area contributed by atoms with Crippen molar-refractivity contribution in [3.05, 3.63) is 46.9 Å². The lowest BCUT2D eigenvalue weighted by Crippen LogP contribution is -2.38. The van der Waals surface area contributed by atoms with Gasteiger partial charge in [-0.05, 0) is 37.1 Å². The third-order valence-corrected chi connectivity index (χ3v) is 5.09. The highest BCUT2D eigenvalue weighted by atomic mass is 16.5. The van der Waals surface area contributed by atoms with Crippen LogP contribution in [0.4, 0.5) is 5.95 Å². The summed E-state index contributed by atoms with van der Waals surface area (Å²) in [6.07, 6.45) is 3.70. The lowest BCUT2D eigenvalue weighted by Gasteiger charge is -2.26. The molecule has 1 aliphatic heterocycles. The summed E-state index contributed by atoms with van der Waals surface area (Å²) in [5.41, 5.74) is 1.62. The zero-order valence-corrected chi connectivity index (χ0v) is 15.4. The van der Waals surface area contributed by atoms with Crippen LogP contribution in [0.25, 0.3) is 22.2 Å². The van der Waals surface area contributed by atoms with Crippen LogP contribution in [0.2, 0.25) is 0 Å². The van der Waals surface area contributed by atoms with E-state index in [1.165, 1.54) is 0 Å². The van der Waals surface area contributed by atoms with Gasteiger partial charge < -0.3 is 14.7 Å². The Bertz CT molecular complexity index is 1050. The predicted octanol–water partition coefficient (Wildman–Crippen LogP) is 2.32. The van der Waals surface area contributed by atoms with E-state index in [-0.39, 0.29) is 17.4 Å². The van der Waals surface area contributed by atoms with Gasteiger partial charge >= 0.3 is 0 Å². The molecule has 140 valence electrons. The molecule has 1 atom stereocenters. The van der Waals surface area contributed by atoms with E-state index in [0.717, 1.165) is 30.3 Å². The number of anilines is 1. The number of nitrogens with zero attached hydrogens (tertiary/aromatic N) is 4. The Balaban J connectivity index is 1.74. The Labute approximate surface area is 156 Å². The van der Waals surface area contributed by atoms with E-state index in [2.05, 4.69) is 14.9 Å². The van der Waals surface area contributed by atoms with Crippen LogP contribution in [-0.2, 0) is 11.8 Å². The molecule has 1 fully saturated rings. The molecule has 7 heteroatoms. The first kappa shape index (κ1) is 17.5. The first-order valence-electron chi connectivity index (χ1n) is 9.00. The molecular weight excluding hydrogens is 344 g/mol. The molecule has 7 nitrogen and oxygen atoms in total. The molecule has 3 heterocycles. The molecule has 0 spiro atoms. The lowest BCUT2D eigenvalue weighted by molar-refractivity contribution is 0.180. The molecule has 0 radical (unpaired) electrons. The molecule has 1 N–H and O–H groups in total. The summed E-state index contributed by atoms with van der Waals surface area (Å²) in [4.78, 5) is 24.3. The number of hydrogen-bond donors (Lipinski definition) is 1. The summed E-state index contributed by atoms with van der Waals surface area (Å²) in [7, 11) is 3.44. The van der Waals surface area contributed by atoms with E-state index in [9.17, 15) is 9.90 Å². The minimum absolute atomic E-state index is 0.131. The van der Waals surface area contributed by atoms with E-state index >= 15 is 0 Å². The molecule has 0 saturated carbocycles. The third kappa shape index (κ3) is 3.14. The van der Waals surface area contributed by atoms with Crippen molar-refractivity contribution < 1.29 is 9.84 Å². The number of phenolic OH excluding ortho intramolecular Hbond substituents is 1. The second-order valence-corrected chi connectivity index (χ2v) is 6.85. The van der Waals surface area contributed by atoms with Gasteiger partial charge in [0.25, 0.3) is 5.56 Å². The van der Waals surface area contributed by atoms with Gasteiger partial charge in [-0.15, -0.1) is 0 Å². The summed E-state index contributed by atoms with van der Waals surface area (Å²) in [6, 6.07) is 8.84. The highest BCUT2D eigenvalue weighted by Gasteiger charge is 2.27. The van der Waals surface area contributed by atoms with Crippen molar-refractivity contribution in [1.82, 2.24) is 14.5 Å². The fourth-order valence-corrected chi connectivity index (χ4v) is 3.71. The number of phenols is 1. The molecule has 3 aromatic rings. The second-order valence-electron chi connectivity index (χ2n) is 6.85. The topological polar surface area (TPSA) is 80.5 Å². The van der Waals surface area contributed by atoms with Crippen molar-refractivity contribution in [1.29, 1.82) is 0 Å². The largest absolute Gasteiger partial charge is 0.508 e. The Morgan fingerprint density at radius 2 is 2.15 bits per heavy atom. The standard InChI is InChI=1S/C20H22N4O3/c1-23-19(26)16(11-21-20(23)24-9-3-4-14(24)12-27-2)18-7-5-13-10-15(25)6-8-17(13)22-18/h5-8,10-11,14,25H,3-4,9,12H2,1-2H3/t14-/m1/s1. The van der Waals surface area contributed by atoms with E-state index in [1.807, 2.05) is 6.07 Å².